The fourth-order valence-electron chi connectivity index (χ4n) is 2.07. The van der Waals surface area contributed by atoms with Crippen molar-refractivity contribution in [3.63, 3.8) is 0 Å². The van der Waals surface area contributed by atoms with Crippen LogP contribution in [0.3, 0.4) is 0 Å². The number of ether oxygens (including phenoxy) is 1. The van der Waals surface area contributed by atoms with Crippen molar-refractivity contribution in [1.29, 1.82) is 0 Å². The fourth-order valence-corrected chi connectivity index (χ4v) is 2.20. The number of amides is 1. The minimum atomic E-state index is -0.557. The van der Waals surface area contributed by atoms with E-state index in [-0.39, 0.29) is 5.91 Å². The second-order valence-corrected chi connectivity index (χ2v) is 5.70. The topological polar surface area (TPSA) is 41.6 Å². The SMILES string of the molecule is C[C@H](Oc1ccc(Cl)cc1)C(=O)NCCN(C)c1ccccc1. The molecule has 23 heavy (non-hydrogen) atoms. The molecule has 0 aliphatic carbocycles. The molecule has 0 fully saturated rings. The zero-order chi connectivity index (χ0) is 16.7. The van der Waals surface area contributed by atoms with E-state index in [0.29, 0.717) is 17.3 Å². The summed E-state index contributed by atoms with van der Waals surface area (Å²) in [4.78, 5) is 14.1. The van der Waals surface area contributed by atoms with Crippen LogP contribution in [0.2, 0.25) is 5.02 Å². The zero-order valence-corrected chi connectivity index (χ0v) is 14.1. The number of hydrogen-bond donors (Lipinski definition) is 1. The van der Waals surface area contributed by atoms with Crippen molar-refractivity contribution in [2.45, 2.75) is 13.0 Å². The lowest BCUT2D eigenvalue weighted by Crippen LogP contribution is -2.40. The smallest absolute Gasteiger partial charge is 0.260 e. The Morgan fingerprint density at radius 1 is 1.17 bits per heavy atom. The van der Waals surface area contributed by atoms with Crippen LogP contribution in [0, 0.1) is 0 Å². The van der Waals surface area contributed by atoms with Crippen LogP contribution in [-0.2, 0) is 4.79 Å². The number of benzene rings is 2. The summed E-state index contributed by atoms with van der Waals surface area (Å²) in [5.74, 6) is 0.486. The van der Waals surface area contributed by atoms with E-state index in [1.54, 1.807) is 31.2 Å². The Morgan fingerprint density at radius 2 is 1.83 bits per heavy atom. The number of carbonyl (C=O) groups excluding carboxylic acids is 1. The molecule has 0 aromatic heterocycles. The number of para-hydroxylation sites is 1. The largest absolute Gasteiger partial charge is 0.481 e. The molecule has 0 saturated carbocycles. The summed E-state index contributed by atoms with van der Waals surface area (Å²) in [6.07, 6.45) is -0.557. The first kappa shape index (κ1) is 17.2. The van der Waals surface area contributed by atoms with Crippen molar-refractivity contribution >= 4 is 23.2 Å². The van der Waals surface area contributed by atoms with Crippen molar-refractivity contribution in [2.24, 2.45) is 0 Å². The van der Waals surface area contributed by atoms with Crippen molar-refractivity contribution in [1.82, 2.24) is 5.32 Å². The highest BCUT2D eigenvalue weighted by Gasteiger charge is 2.14. The maximum Gasteiger partial charge on any atom is 0.260 e. The Morgan fingerprint density at radius 3 is 2.48 bits per heavy atom. The van der Waals surface area contributed by atoms with E-state index in [2.05, 4.69) is 10.2 Å². The van der Waals surface area contributed by atoms with Crippen LogP contribution in [0.1, 0.15) is 6.92 Å². The van der Waals surface area contributed by atoms with Crippen LogP contribution < -0.4 is 15.0 Å². The zero-order valence-electron chi connectivity index (χ0n) is 13.3. The maximum atomic E-state index is 12.1. The van der Waals surface area contributed by atoms with Gasteiger partial charge in [-0.1, -0.05) is 29.8 Å². The summed E-state index contributed by atoms with van der Waals surface area (Å²) in [5, 5.41) is 3.52. The average molecular weight is 333 g/mol. The molecule has 1 amide bonds. The van der Waals surface area contributed by atoms with Gasteiger partial charge in [0, 0.05) is 30.8 Å². The molecule has 0 radical (unpaired) electrons. The molecule has 0 unspecified atom stereocenters. The van der Waals surface area contributed by atoms with E-state index in [1.165, 1.54) is 0 Å². The second-order valence-electron chi connectivity index (χ2n) is 5.26. The minimum absolute atomic E-state index is 0.138. The van der Waals surface area contributed by atoms with Crippen LogP contribution in [0.15, 0.2) is 54.6 Å². The van der Waals surface area contributed by atoms with Gasteiger partial charge in [0.2, 0.25) is 0 Å². The normalized spacial score (nSPS) is 11.6. The van der Waals surface area contributed by atoms with Crippen LogP contribution >= 0.6 is 11.6 Å². The van der Waals surface area contributed by atoms with Gasteiger partial charge in [0.25, 0.3) is 5.91 Å². The van der Waals surface area contributed by atoms with E-state index in [4.69, 9.17) is 16.3 Å². The number of likely N-dealkylation sites (N-methyl/N-ethyl adjacent to an activating group) is 1. The molecule has 0 aliphatic rings. The van der Waals surface area contributed by atoms with Gasteiger partial charge in [0.15, 0.2) is 6.10 Å². The molecule has 2 aromatic rings. The van der Waals surface area contributed by atoms with Gasteiger partial charge in [0.05, 0.1) is 0 Å². The molecule has 2 rings (SSSR count). The molecule has 0 saturated heterocycles. The Balaban J connectivity index is 1.74. The highest BCUT2D eigenvalue weighted by Crippen LogP contribution is 2.16. The monoisotopic (exact) mass is 332 g/mol. The predicted molar refractivity (Wildman–Crippen MR) is 94.3 cm³/mol. The minimum Gasteiger partial charge on any atom is -0.481 e. The number of rotatable bonds is 7. The van der Waals surface area contributed by atoms with Crippen molar-refractivity contribution in [2.75, 3.05) is 25.0 Å². The Bertz CT molecular complexity index is 617. The van der Waals surface area contributed by atoms with Crippen molar-refractivity contribution < 1.29 is 9.53 Å². The molecule has 4 nitrogen and oxygen atoms in total. The number of nitrogens with zero attached hydrogens (tertiary/aromatic N) is 1. The van der Waals surface area contributed by atoms with Gasteiger partial charge in [-0.05, 0) is 43.3 Å². The Labute approximate surface area is 142 Å². The quantitative estimate of drug-likeness (QED) is 0.845. The number of carbonyl (C=O) groups is 1. The fraction of sp³-hybridized carbons (Fsp3) is 0.278. The lowest BCUT2D eigenvalue weighted by atomic mass is 10.3. The van der Waals surface area contributed by atoms with Gasteiger partial charge in [-0.25, -0.2) is 0 Å². The summed E-state index contributed by atoms with van der Waals surface area (Å²) in [6, 6.07) is 17.0. The number of halogens is 1. The first-order valence-corrected chi connectivity index (χ1v) is 7.90. The standard InChI is InChI=1S/C18H21ClN2O2/c1-14(23-17-10-8-15(19)9-11-17)18(22)20-12-13-21(2)16-6-4-3-5-7-16/h3-11,14H,12-13H2,1-2H3,(H,20,22)/t14-/m0/s1. The number of nitrogens with one attached hydrogen (secondary N) is 1. The highest BCUT2D eigenvalue weighted by atomic mass is 35.5. The molecule has 5 heteroatoms. The molecular formula is C18H21ClN2O2. The van der Waals surface area contributed by atoms with E-state index in [1.807, 2.05) is 37.4 Å². The van der Waals surface area contributed by atoms with Crippen molar-refractivity contribution in [3.8, 4) is 5.75 Å². The number of anilines is 1. The van der Waals surface area contributed by atoms with E-state index in [9.17, 15) is 4.79 Å². The molecule has 1 atom stereocenters. The third-order valence-electron chi connectivity index (χ3n) is 3.44. The van der Waals surface area contributed by atoms with Gasteiger partial charge in [-0.2, -0.15) is 0 Å². The van der Waals surface area contributed by atoms with E-state index < -0.39 is 6.10 Å². The van der Waals surface area contributed by atoms with Crippen molar-refractivity contribution in [3.05, 3.63) is 59.6 Å². The molecule has 122 valence electrons. The molecular weight excluding hydrogens is 312 g/mol. The Hall–Kier alpha value is -2.20. The summed E-state index contributed by atoms with van der Waals surface area (Å²) >= 11 is 5.82. The molecule has 1 N–H and O–H groups in total. The molecule has 2 aromatic carbocycles. The van der Waals surface area contributed by atoms with Crippen LogP contribution in [0.25, 0.3) is 0 Å². The Kier molecular flexibility index (Phi) is 6.29. The maximum absolute atomic E-state index is 12.1. The first-order valence-electron chi connectivity index (χ1n) is 7.52. The second kappa shape index (κ2) is 8.44. The average Bonchev–Trinajstić information content (AvgIpc) is 2.57. The van der Waals surface area contributed by atoms with E-state index >= 15 is 0 Å². The molecule has 0 heterocycles. The van der Waals surface area contributed by atoms with Crippen LogP contribution in [-0.4, -0.2) is 32.1 Å². The summed E-state index contributed by atoms with van der Waals surface area (Å²) in [5.41, 5.74) is 1.12. The van der Waals surface area contributed by atoms with Crippen LogP contribution in [0.4, 0.5) is 5.69 Å². The van der Waals surface area contributed by atoms with Gasteiger partial charge in [-0.3, -0.25) is 4.79 Å². The van der Waals surface area contributed by atoms with Gasteiger partial charge in [0.1, 0.15) is 5.75 Å². The van der Waals surface area contributed by atoms with E-state index in [0.717, 1.165) is 12.2 Å². The third-order valence-corrected chi connectivity index (χ3v) is 3.69. The molecule has 0 aliphatic heterocycles. The van der Waals surface area contributed by atoms with Gasteiger partial charge >= 0.3 is 0 Å². The molecule has 0 bridgehead atoms. The van der Waals surface area contributed by atoms with Gasteiger partial charge in [-0.15, -0.1) is 0 Å². The highest BCUT2D eigenvalue weighted by molar-refractivity contribution is 6.30. The summed E-state index contributed by atoms with van der Waals surface area (Å²) < 4.78 is 5.59. The number of hydrogen-bond acceptors (Lipinski definition) is 3. The first-order chi connectivity index (χ1) is 11.1. The predicted octanol–water partition coefficient (Wildman–Crippen LogP) is 3.36. The van der Waals surface area contributed by atoms with Gasteiger partial charge < -0.3 is 15.0 Å². The van der Waals surface area contributed by atoms with Crippen LogP contribution in [0.5, 0.6) is 5.75 Å². The lowest BCUT2D eigenvalue weighted by molar-refractivity contribution is -0.127. The summed E-state index contributed by atoms with van der Waals surface area (Å²) in [7, 11) is 2.00. The molecule has 0 spiro atoms. The lowest BCUT2D eigenvalue weighted by Gasteiger charge is -2.20. The summed E-state index contributed by atoms with van der Waals surface area (Å²) in [6.45, 7) is 3.01. The third kappa shape index (κ3) is 5.49.